The van der Waals surface area contributed by atoms with Crippen LogP contribution in [0.4, 0.5) is 36.6 Å². The van der Waals surface area contributed by atoms with Crippen LogP contribution in [0.2, 0.25) is 0 Å². The molecule has 10 nitrogen and oxygen atoms in total. The average Bonchev–Trinajstić information content (AvgIpc) is 3.39. The highest BCUT2D eigenvalue weighted by Gasteiger charge is 2.47. The molecule has 0 radical (unpaired) electrons. The van der Waals surface area contributed by atoms with Crippen LogP contribution >= 0.6 is 0 Å². The quantitative estimate of drug-likeness (QED) is 0.491. The van der Waals surface area contributed by atoms with Gasteiger partial charge in [-0.3, -0.25) is 9.59 Å². The molecule has 0 bridgehead atoms. The summed E-state index contributed by atoms with van der Waals surface area (Å²) in [5, 5.41) is 5.98. The van der Waals surface area contributed by atoms with Crippen molar-refractivity contribution in [2.24, 2.45) is 0 Å². The average molecular weight is 535 g/mol. The normalized spacial score (nSPS) is 18.3. The first-order chi connectivity index (χ1) is 17.2. The van der Waals surface area contributed by atoms with Gasteiger partial charge in [-0.15, -0.1) is 0 Å². The Morgan fingerprint density at radius 3 is 2.46 bits per heavy atom. The van der Waals surface area contributed by atoms with Gasteiger partial charge in [0.2, 0.25) is 5.88 Å². The lowest BCUT2D eigenvalue weighted by Crippen LogP contribution is -2.43. The number of rotatable bonds is 4. The van der Waals surface area contributed by atoms with Crippen molar-refractivity contribution in [3.63, 3.8) is 0 Å². The number of alkyl halides is 7. The van der Waals surface area contributed by atoms with E-state index in [-0.39, 0.29) is 27.6 Å². The number of nitrogen functional groups attached to an aromatic ring is 1. The summed E-state index contributed by atoms with van der Waals surface area (Å²) < 4.78 is 99.1. The number of hydrogen-bond acceptors (Lipinski definition) is 7. The summed E-state index contributed by atoms with van der Waals surface area (Å²) in [6, 6.07) is 0.314. The van der Waals surface area contributed by atoms with Crippen LogP contribution in [0.1, 0.15) is 15.9 Å². The Balaban J connectivity index is 1.69. The summed E-state index contributed by atoms with van der Waals surface area (Å²) in [7, 11) is 1.14. The lowest BCUT2D eigenvalue weighted by molar-refractivity contribution is -0.184. The van der Waals surface area contributed by atoms with E-state index in [0.717, 1.165) is 36.3 Å². The molecule has 1 fully saturated rings. The predicted molar refractivity (Wildman–Crippen MR) is 111 cm³/mol. The Bertz CT molecular complexity index is 1370. The molecule has 0 spiro atoms. The van der Waals surface area contributed by atoms with Crippen LogP contribution in [0.5, 0.6) is 5.88 Å². The van der Waals surface area contributed by atoms with E-state index < -0.39 is 66.4 Å². The van der Waals surface area contributed by atoms with Crippen molar-refractivity contribution in [3.05, 3.63) is 35.8 Å². The zero-order valence-electron chi connectivity index (χ0n) is 18.6. The number of amides is 2. The number of nitrogens with one attached hydrogen (secondary N) is 1. The third-order valence-corrected chi connectivity index (χ3v) is 5.57. The van der Waals surface area contributed by atoms with Gasteiger partial charge in [-0.25, -0.2) is 18.9 Å². The van der Waals surface area contributed by atoms with Crippen LogP contribution in [-0.2, 0) is 11.0 Å². The van der Waals surface area contributed by atoms with Crippen LogP contribution < -0.4 is 15.8 Å². The summed E-state index contributed by atoms with van der Waals surface area (Å²) in [5.74, 6) is -4.06. The number of carbonyl (C=O) groups is 2. The van der Waals surface area contributed by atoms with Crippen molar-refractivity contribution in [2.75, 3.05) is 25.9 Å². The molecule has 198 valence electrons. The second-order valence-corrected chi connectivity index (χ2v) is 7.93. The molecule has 0 aromatic carbocycles. The van der Waals surface area contributed by atoms with Gasteiger partial charge in [0.1, 0.15) is 23.6 Å². The Hall–Kier alpha value is -4.18. The van der Waals surface area contributed by atoms with Crippen molar-refractivity contribution in [1.82, 2.24) is 29.8 Å². The van der Waals surface area contributed by atoms with Crippen molar-refractivity contribution >= 4 is 23.1 Å². The van der Waals surface area contributed by atoms with Gasteiger partial charge in [-0.2, -0.15) is 31.4 Å². The van der Waals surface area contributed by atoms with Gasteiger partial charge >= 0.3 is 18.3 Å². The Morgan fingerprint density at radius 1 is 1.14 bits per heavy atom. The fraction of sp³-hybridized carbons (Fsp3) is 0.350. The highest BCUT2D eigenvalue weighted by molar-refractivity contribution is 5.98. The van der Waals surface area contributed by atoms with Gasteiger partial charge < -0.3 is 20.7 Å². The molecule has 3 aromatic rings. The fourth-order valence-corrected chi connectivity index (χ4v) is 3.90. The van der Waals surface area contributed by atoms with E-state index in [0.29, 0.717) is 0 Å². The maximum atomic E-state index is 14.4. The summed E-state index contributed by atoms with van der Waals surface area (Å²) >= 11 is 0. The van der Waals surface area contributed by atoms with E-state index in [2.05, 4.69) is 20.4 Å². The van der Waals surface area contributed by atoms with Crippen molar-refractivity contribution in [1.29, 1.82) is 0 Å². The van der Waals surface area contributed by atoms with Crippen LogP contribution in [0, 0.1) is 0 Å². The number of aromatic nitrogens is 4. The highest BCUT2D eigenvalue weighted by Crippen LogP contribution is 2.39. The minimum Gasteiger partial charge on any atom is -0.480 e. The van der Waals surface area contributed by atoms with Gasteiger partial charge in [0.05, 0.1) is 31.0 Å². The van der Waals surface area contributed by atoms with E-state index in [1.807, 2.05) is 0 Å². The molecule has 0 aliphatic carbocycles. The maximum absolute atomic E-state index is 14.4. The lowest BCUT2D eigenvalue weighted by atomic mass is 10.1. The molecule has 3 N–H and O–H groups in total. The number of carbonyl (C=O) groups excluding carboxylic acids is 2. The number of pyridine rings is 1. The van der Waals surface area contributed by atoms with E-state index in [9.17, 15) is 40.3 Å². The number of nitrogens with zero attached hydrogens (tertiary/aromatic N) is 5. The first-order valence-corrected chi connectivity index (χ1v) is 10.3. The molecule has 4 heterocycles. The molecule has 37 heavy (non-hydrogen) atoms. The molecule has 17 heteroatoms. The highest BCUT2D eigenvalue weighted by atomic mass is 19.4. The molecule has 0 saturated carbocycles. The summed E-state index contributed by atoms with van der Waals surface area (Å²) in [4.78, 5) is 32.0. The zero-order valence-corrected chi connectivity index (χ0v) is 18.6. The number of anilines is 1. The largest absolute Gasteiger partial charge is 0.480 e. The van der Waals surface area contributed by atoms with E-state index >= 15 is 0 Å². The van der Waals surface area contributed by atoms with Crippen molar-refractivity contribution in [2.45, 2.75) is 24.6 Å². The second kappa shape index (κ2) is 9.04. The second-order valence-electron chi connectivity index (χ2n) is 7.93. The number of likely N-dealkylation sites (tertiary alicyclic amines) is 1. The smallest absolute Gasteiger partial charge is 0.471 e. The number of methoxy groups -OCH3 is 1. The number of fused-ring (bicyclic) bond motifs is 1. The number of ether oxygens (including phenoxy) is 1. The Kier molecular flexibility index (Phi) is 6.33. The third kappa shape index (κ3) is 4.79. The Morgan fingerprint density at radius 2 is 1.84 bits per heavy atom. The van der Waals surface area contributed by atoms with Gasteiger partial charge in [0.15, 0.2) is 5.82 Å². The molecule has 4 rings (SSSR count). The molecular formula is C20H16F7N7O3. The van der Waals surface area contributed by atoms with Gasteiger partial charge in [0, 0.05) is 18.3 Å². The molecular weight excluding hydrogens is 519 g/mol. The SMILES string of the molecule is COc1ncc(-c2cc(C(F)(F)F)c3c(N)ncnn23)cc1C(=O)N[C@@H]1CN(C(=O)C(F)(F)F)C[C@@H]1F. The van der Waals surface area contributed by atoms with Crippen LogP contribution in [0.15, 0.2) is 24.7 Å². The summed E-state index contributed by atoms with van der Waals surface area (Å²) in [6.07, 6.45) is -10.1. The van der Waals surface area contributed by atoms with E-state index in [1.54, 1.807) is 0 Å². The van der Waals surface area contributed by atoms with E-state index in [4.69, 9.17) is 10.5 Å². The summed E-state index contributed by atoms with van der Waals surface area (Å²) in [5.41, 5.74) is 3.36. The maximum Gasteiger partial charge on any atom is 0.471 e. The number of hydrogen-bond donors (Lipinski definition) is 2. The molecule has 1 aliphatic rings. The lowest BCUT2D eigenvalue weighted by Gasteiger charge is -2.18. The van der Waals surface area contributed by atoms with Gasteiger partial charge in [-0.05, 0) is 12.1 Å². The van der Waals surface area contributed by atoms with Crippen molar-refractivity contribution in [3.8, 4) is 17.1 Å². The number of halogens is 7. The molecule has 0 unspecified atom stereocenters. The fourth-order valence-electron chi connectivity index (χ4n) is 3.90. The van der Waals surface area contributed by atoms with Crippen molar-refractivity contribution < 1.29 is 45.1 Å². The minimum atomic E-state index is -5.22. The number of nitrogens with two attached hydrogens (primary N) is 1. The molecule has 1 aliphatic heterocycles. The van der Waals surface area contributed by atoms with E-state index in [1.165, 1.54) is 0 Å². The molecule has 2 amide bonds. The summed E-state index contributed by atoms with van der Waals surface area (Å²) in [6.45, 7) is -1.65. The zero-order chi connectivity index (χ0) is 27.3. The third-order valence-electron chi connectivity index (χ3n) is 5.57. The van der Waals surface area contributed by atoms with Crippen LogP contribution in [0.25, 0.3) is 16.8 Å². The minimum absolute atomic E-state index is 0.0494. The molecule has 2 atom stereocenters. The standard InChI is InChI=1S/C20H16F7N7O3/c1-37-17-9(16(35)32-12-6-33(5-11(12)21)18(36)20(25,26)27)2-8(4-29-17)13-3-10(19(22,23)24)14-15(28)30-7-31-34(13)14/h2-4,7,11-12H,5-6H2,1H3,(H,32,35)(H2,28,30,31)/t11-,12+/m0/s1. The monoisotopic (exact) mass is 535 g/mol. The predicted octanol–water partition coefficient (Wildman–Crippen LogP) is 2.24. The first-order valence-electron chi connectivity index (χ1n) is 10.3. The molecule has 3 aromatic heterocycles. The topological polar surface area (TPSA) is 128 Å². The van der Waals surface area contributed by atoms with Crippen LogP contribution in [-0.4, -0.2) is 74.9 Å². The Labute approximate surface area is 202 Å². The van der Waals surface area contributed by atoms with Crippen LogP contribution in [0.3, 0.4) is 0 Å². The molecule has 1 saturated heterocycles. The van der Waals surface area contributed by atoms with Gasteiger partial charge in [-0.1, -0.05) is 0 Å². The van der Waals surface area contributed by atoms with Gasteiger partial charge in [0.25, 0.3) is 5.91 Å². The first kappa shape index (κ1) is 25.9.